The second kappa shape index (κ2) is 9.11. The first-order valence-corrected chi connectivity index (χ1v) is 9.93. The van der Waals surface area contributed by atoms with Crippen molar-refractivity contribution in [3.05, 3.63) is 64.6 Å². The number of ether oxygens (including phenoxy) is 2. The van der Waals surface area contributed by atoms with Gasteiger partial charge in [-0.3, -0.25) is 14.5 Å². The summed E-state index contributed by atoms with van der Waals surface area (Å²) in [5, 5.41) is 9.36. The smallest absolute Gasteiger partial charge is 0.305 e. The van der Waals surface area contributed by atoms with Gasteiger partial charge in [-0.25, -0.2) is 0 Å². The van der Waals surface area contributed by atoms with Crippen LogP contribution in [0.5, 0.6) is 11.5 Å². The van der Waals surface area contributed by atoms with Crippen LogP contribution < -0.4 is 9.47 Å². The second-order valence-electron chi connectivity index (χ2n) is 6.19. The van der Waals surface area contributed by atoms with E-state index >= 15 is 0 Å². The SMILES string of the molecule is COc1ccc(/C=C2/SC(=S)N([C@@H](CC(=O)O)c3ccccc3)C2=O)cc1OC. The number of benzene rings is 2. The summed E-state index contributed by atoms with van der Waals surface area (Å²) in [5.74, 6) is -0.186. The van der Waals surface area contributed by atoms with E-state index in [-0.39, 0.29) is 12.3 Å². The van der Waals surface area contributed by atoms with Crippen molar-refractivity contribution in [1.29, 1.82) is 0 Å². The molecule has 29 heavy (non-hydrogen) atoms. The zero-order valence-corrected chi connectivity index (χ0v) is 17.5. The Bertz CT molecular complexity index is 974. The highest BCUT2D eigenvalue weighted by Crippen LogP contribution is 2.40. The number of thioether (sulfide) groups is 1. The quantitative estimate of drug-likeness (QED) is 0.524. The molecule has 150 valence electrons. The van der Waals surface area contributed by atoms with Crippen LogP contribution >= 0.6 is 24.0 Å². The Labute approximate surface area is 178 Å². The monoisotopic (exact) mass is 429 g/mol. The van der Waals surface area contributed by atoms with Gasteiger partial charge >= 0.3 is 5.97 Å². The number of aliphatic carboxylic acids is 1. The largest absolute Gasteiger partial charge is 0.493 e. The standard InChI is InChI=1S/C21H19NO5S2/c1-26-16-9-8-13(10-17(16)27-2)11-18-20(25)22(21(28)29-18)15(12-19(23)24)14-6-4-3-5-7-14/h3-11,15H,12H2,1-2H3,(H,23,24)/b18-11+/t15-/m0/s1. The van der Waals surface area contributed by atoms with Gasteiger partial charge in [0.15, 0.2) is 11.5 Å². The fraction of sp³-hybridized carbons (Fsp3) is 0.190. The minimum atomic E-state index is -1.00. The molecule has 1 heterocycles. The maximum atomic E-state index is 13.1. The number of hydrogen-bond donors (Lipinski definition) is 1. The number of carboxylic acids is 1. The van der Waals surface area contributed by atoms with Gasteiger partial charge in [-0.15, -0.1) is 0 Å². The Balaban J connectivity index is 1.94. The highest BCUT2D eigenvalue weighted by molar-refractivity contribution is 8.26. The number of carbonyl (C=O) groups is 2. The number of nitrogens with zero attached hydrogens (tertiary/aromatic N) is 1. The Morgan fingerprint density at radius 2 is 1.86 bits per heavy atom. The minimum absolute atomic E-state index is 0.236. The molecule has 6 nitrogen and oxygen atoms in total. The summed E-state index contributed by atoms with van der Waals surface area (Å²) >= 11 is 6.57. The number of carboxylic acid groups (broad SMARTS) is 1. The third kappa shape index (κ3) is 4.60. The van der Waals surface area contributed by atoms with Crippen molar-refractivity contribution in [2.75, 3.05) is 14.2 Å². The summed E-state index contributed by atoms with van der Waals surface area (Å²) in [4.78, 5) is 26.3. The van der Waals surface area contributed by atoms with Crippen molar-refractivity contribution in [1.82, 2.24) is 4.90 Å². The molecule has 1 N–H and O–H groups in total. The van der Waals surface area contributed by atoms with Gasteiger partial charge in [0.25, 0.3) is 5.91 Å². The fourth-order valence-electron chi connectivity index (χ4n) is 3.04. The van der Waals surface area contributed by atoms with Crippen molar-refractivity contribution in [2.45, 2.75) is 12.5 Å². The Hall–Kier alpha value is -2.84. The van der Waals surface area contributed by atoms with Gasteiger partial charge in [-0.1, -0.05) is 60.4 Å². The van der Waals surface area contributed by atoms with Gasteiger partial charge in [0, 0.05) is 0 Å². The molecule has 0 spiro atoms. The van der Waals surface area contributed by atoms with Crippen LogP contribution in [0.1, 0.15) is 23.6 Å². The number of thiocarbonyl (C=S) groups is 1. The van der Waals surface area contributed by atoms with Gasteiger partial charge < -0.3 is 14.6 Å². The van der Waals surface area contributed by atoms with E-state index in [9.17, 15) is 14.7 Å². The van der Waals surface area contributed by atoms with E-state index in [1.807, 2.05) is 6.07 Å². The molecule has 0 radical (unpaired) electrons. The number of carbonyl (C=O) groups excluding carboxylic acids is 1. The van der Waals surface area contributed by atoms with Crippen LogP contribution in [-0.2, 0) is 9.59 Å². The average Bonchev–Trinajstić information content (AvgIpc) is 2.99. The summed E-state index contributed by atoms with van der Waals surface area (Å²) < 4.78 is 10.9. The number of rotatable bonds is 7. The summed E-state index contributed by atoms with van der Waals surface area (Å²) in [5.41, 5.74) is 1.47. The summed E-state index contributed by atoms with van der Waals surface area (Å²) in [7, 11) is 3.09. The molecule has 0 bridgehead atoms. The molecule has 1 amide bonds. The molecule has 2 aromatic rings. The molecular formula is C21H19NO5S2. The molecule has 1 atom stereocenters. The van der Waals surface area contributed by atoms with Crippen LogP contribution in [0.4, 0.5) is 0 Å². The van der Waals surface area contributed by atoms with Crippen LogP contribution in [0.3, 0.4) is 0 Å². The predicted octanol–water partition coefficient (Wildman–Crippen LogP) is 4.12. The van der Waals surface area contributed by atoms with Crippen molar-refractivity contribution in [3.8, 4) is 11.5 Å². The van der Waals surface area contributed by atoms with Crippen LogP contribution in [0.15, 0.2) is 53.4 Å². The second-order valence-corrected chi connectivity index (χ2v) is 7.87. The number of amides is 1. The van der Waals surface area contributed by atoms with Gasteiger partial charge in [0.2, 0.25) is 0 Å². The van der Waals surface area contributed by atoms with Crippen LogP contribution in [0.2, 0.25) is 0 Å². The minimum Gasteiger partial charge on any atom is -0.493 e. The molecular weight excluding hydrogens is 410 g/mol. The first-order chi connectivity index (χ1) is 13.9. The molecule has 0 unspecified atom stereocenters. The lowest BCUT2D eigenvalue weighted by Gasteiger charge is -2.26. The number of hydrogen-bond acceptors (Lipinski definition) is 6. The van der Waals surface area contributed by atoms with Gasteiger partial charge in [0.1, 0.15) is 4.32 Å². The van der Waals surface area contributed by atoms with Gasteiger partial charge in [0.05, 0.1) is 31.6 Å². The highest BCUT2D eigenvalue weighted by Gasteiger charge is 2.38. The molecule has 0 aromatic heterocycles. The van der Waals surface area contributed by atoms with E-state index in [4.69, 9.17) is 21.7 Å². The van der Waals surface area contributed by atoms with Gasteiger partial charge in [-0.05, 0) is 29.3 Å². The maximum Gasteiger partial charge on any atom is 0.305 e. The van der Waals surface area contributed by atoms with Crippen molar-refractivity contribution >= 4 is 46.3 Å². The van der Waals surface area contributed by atoms with E-state index in [0.717, 1.165) is 22.9 Å². The van der Waals surface area contributed by atoms with Crippen molar-refractivity contribution in [2.24, 2.45) is 0 Å². The Morgan fingerprint density at radius 1 is 1.17 bits per heavy atom. The average molecular weight is 430 g/mol. The van der Waals surface area contributed by atoms with Gasteiger partial charge in [-0.2, -0.15) is 0 Å². The van der Waals surface area contributed by atoms with Crippen LogP contribution in [0, 0.1) is 0 Å². The third-order valence-electron chi connectivity index (χ3n) is 4.39. The lowest BCUT2D eigenvalue weighted by molar-refractivity contribution is -0.138. The Morgan fingerprint density at radius 3 is 2.48 bits per heavy atom. The maximum absolute atomic E-state index is 13.1. The molecule has 1 fully saturated rings. The molecule has 3 rings (SSSR count). The predicted molar refractivity (Wildman–Crippen MR) is 116 cm³/mol. The molecule has 2 aromatic carbocycles. The van der Waals surface area contributed by atoms with E-state index in [1.54, 1.807) is 55.7 Å². The van der Waals surface area contributed by atoms with Crippen LogP contribution in [-0.4, -0.2) is 40.4 Å². The fourth-order valence-corrected chi connectivity index (χ4v) is 4.40. The molecule has 0 saturated carbocycles. The highest BCUT2D eigenvalue weighted by atomic mass is 32.2. The lowest BCUT2D eigenvalue weighted by atomic mass is 10.0. The molecule has 1 aliphatic rings. The molecule has 8 heteroatoms. The van der Waals surface area contributed by atoms with E-state index < -0.39 is 12.0 Å². The van der Waals surface area contributed by atoms with E-state index in [1.165, 1.54) is 12.0 Å². The lowest BCUT2D eigenvalue weighted by Crippen LogP contribution is -2.34. The molecule has 1 aliphatic heterocycles. The third-order valence-corrected chi connectivity index (χ3v) is 5.72. The topological polar surface area (TPSA) is 76.1 Å². The first kappa shape index (κ1) is 20.9. The summed E-state index contributed by atoms with van der Waals surface area (Å²) in [6.07, 6.45) is 1.48. The normalized spacial score (nSPS) is 16.2. The molecule has 1 saturated heterocycles. The van der Waals surface area contributed by atoms with Crippen molar-refractivity contribution < 1.29 is 24.2 Å². The Kier molecular flexibility index (Phi) is 6.56. The number of methoxy groups -OCH3 is 2. The zero-order valence-electron chi connectivity index (χ0n) is 15.8. The molecule has 0 aliphatic carbocycles. The summed E-state index contributed by atoms with van der Waals surface area (Å²) in [6.45, 7) is 0. The van der Waals surface area contributed by atoms with Crippen LogP contribution in [0.25, 0.3) is 6.08 Å². The van der Waals surface area contributed by atoms with Crippen molar-refractivity contribution in [3.63, 3.8) is 0 Å². The first-order valence-electron chi connectivity index (χ1n) is 8.70. The van der Waals surface area contributed by atoms with E-state index in [0.29, 0.717) is 20.7 Å². The summed E-state index contributed by atoms with van der Waals surface area (Å²) in [6, 6.07) is 13.7. The van der Waals surface area contributed by atoms with E-state index in [2.05, 4.69) is 0 Å². The zero-order chi connectivity index (χ0) is 21.0.